The smallest absolute Gasteiger partial charge is 0.256 e. The van der Waals surface area contributed by atoms with Gasteiger partial charge in [0.05, 0.1) is 17.5 Å². The van der Waals surface area contributed by atoms with Crippen LogP contribution in [0.4, 0.5) is 5.69 Å². The van der Waals surface area contributed by atoms with Crippen molar-refractivity contribution < 1.29 is 19.2 Å². The Hall–Kier alpha value is -2.95. The van der Waals surface area contributed by atoms with Crippen LogP contribution in [-0.4, -0.2) is 41.5 Å². The highest BCUT2D eigenvalue weighted by Crippen LogP contribution is 2.58. The Labute approximate surface area is 236 Å². The van der Waals surface area contributed by atoms with Gasteiger partial charge >= 0.3 is 0 Å². The van der Waals surface area contributed by atoms with Crippen molar-refractivity contribution in [3.05, 3.63) is 96.4 Å². The Morgan fingerprint density at radius 1 is 1.16 bits per heavy atom. The predicted octanol–water partition coefficient (Wildman–Crippen LogP) is 5.85. The topological polar surface area (TPSA) is 93.9 Å². The maximum absolute atomic E-state index is 13.7. The third kappa shape index (κ3) is 3.76. The third-order valence-electron chi connectivity index (χ3n) is 8.03. The average Bonchev–Trinajstić information content (AvgIpc) is 3.57. The quantitative estimate of drug-likeness (QED) is 0.268. The van der Waals surface area contributed by atoms with Crippen molar-refractivity contribution in [3.63, 3.8) is 0 Å². The number of benzene rings is 3. The van der Waals surface area contributed by atoms with E-state index in [0.717, 1.165) is 28.4 Å². The zero-order valence-corrected chi connectivity index (χ0v) is 23.7. The van der Waals surface area contributed by atoms with Gasteiger partial charge < -0.3 is 14.8 Å². The highest BCUT2D eigenvalue weighted by Gasteiger charge is 2.73. The van der Waals surface area contributed by atoms with Crippen LogP contribution in [0.3, 0.4) is 0 Å². The number of hydrogen-bond acceptors (Lipinski definition) is 6. The number of halogens is 2. The molecule has 6 rings (SSSR count). The van der Waals surface area contributed by atoms with Crippen molar-refractivity contribution >= 4 is 43.5 Å². The molecule has 8 nitrogen and oxygen atoms in total. The number of para-hydroxylation sites is 1. The SMILES string of the molecule is COc1cc([C@H]2[C@H]([N+](=O)[O-])[C@@]3(C(=O)Nc4ccccc43)N3CCC[C@@H]23)cc(Br)c1OCc1ccc(Br)cc1. The van der Waals surface area contributed by atoms with Gasteiger partial charge in [-0.1, -0.05) is 46.3 Å². The summed E-state index contributed by atoms with van der Waals surface area (Å²) in [5.41, 5.74) is 1.71. The second kappa shape index (κ2) is 9.66. The van der Waals surface area contributed by atoms with Gasteiger partial charge in [-0.2, -0.15) is 0 Å². The molecule has 1 amide bonds. The zero-order valence-electron chi connectivity index (χ0n) is 20.5. The van der Waals surface area contributed by atoms with Crippen molar-refractivity contribution in [1.82, 2.24) is 4.90 Å². The summed E-state index contributed by atoms with van der Waals surface area (Å²) < 4.78 is 13.5. The van der Waals surface area contributed by atoms with Gasteiger partial charge in [0, 0.05) is 33.2 Å². The van der Waals surface area contributed by atoms with Gasteiger partial charge in [0.2, 0.25) is 0 Å². The number of anilines is 1. The molecule has 2 saturated heterocycles. The first kappa shape index (κ1) is 25.3. The molecule has 3 aromatic rings. The lowest BCUT2D eigenvalue weighted by Gasteiger charge is -2.32. The number of fused-ring (bicyclic) bond motifs is 4. The summed E-state index contributed by atoms with van der Waals surface area (Å²) in [6.07, 6.45) is 1.64. The number of rotatable bonds is 6. The summed E-state index contributed by atoms with van der Waals surface area (Å²) in [5, 5.41) is 15.8. The number of nitrogens with zero attached hydrogens (tertiary/aromatic N) is 2. The van der Waals surface area contributed by atoms with E-state index in [4.69, 9.17) is 9.47 Å². The Morgan fingerprint density at radius 2 is 1.92 bits per heavy atom. The van der Waals surface area contributed by atoms with E-state index in [-0.39, 0.29) is 16.9 Å². The lowest BCUT2D eigenvalue weighted by molar-refractivity contribution is -0.534. The van der Waals surface area contributed by atoms with E-state index in [0.29, 0.717) is 40.4 Å². The molecule has 0 bridgehead atoms. The van der Waals surface area contributed by atoms with E-state index in [1.807, 2.05) is 60.7 Å². The second-order valence-corrected chi connectivity index (χ2v) is 11.6. The molecular weight excluding hydrogens is 618 g/mol. The molecule has 2 fully saturated rings. The van der Waals surface area contributed by atoms with E-state index in [1.54, 1.807) is 7.11 Å². The molecule has 3 aliphatic heterocycles. The maximum Gasteiger partial charge on any atom is 0.256 e. The van der Waals surface area contributed by atoms with Gasteiger partial charge in [0.1, 0.15) is 6.61 Å². The average molecular weight is 643 g/mol. The number of nitro groups is 1. The number of hydrogen-bond donors (Lipinski definition) is 1. The van der Waals surface area contributed by atoms with Crippen molar-refractivity contribution in [1.29, 1.82) is 0 Å². The normalized spacial score (nSPS) is 25.8. The largest absolute Gasteiger partial charge is 0.493 e. The molecule has 1 spiro atoms. The first-order valence-electron chi connectivity index (χ1n) is 12.4. The van der Waals surface area contributed by atoms with E-state index in [1.165, 1.54) is 0 Å². The molecule has 38 heavy (non-hydrogen) atoms. The van der Waals surface area contributed by atoms with Crippen molar-refractivity contribution in [2.24, 2.45) is 0 Å². The Morgan fingerprint density at radius 3 is 2.66 bits per heavy atom. The molecule has 196 valence electrons. The number of nitrogens with one attached hydrogen (secondary N) is 1. The van der Waals surface area contributed by atoms with Gasteiger partial charge in [0.15, 0.2) is 17.0 Å². The van der Waals surface area contributed by atoms with Crippen LogP contribution in [0, 0.1) is 10.1 Å². The van der Waals surface area contributed by atoms with E-state index >= 15 is 0 Å². The number of ether oxygens (including phenoxy) is 2. The molecule has 1 N–H and O–H groups in total. The van der Waals surface area contributed by atoms with E-state index < -0.39 is 17.5 Å². The van der Waals surface area contributed by atoms with Crippen LogP contribution >= 0.6 is 31.9 Å². The molecule has 3 heterocycles. The first-order chi connectivity index (χ1) is 18.4. The highest BCUT2D eigenvalue weighted by atomic mass is 79.9. The summed E-state index contributed by atoms with van der Waals surface area (Å²) in [6, 6.07) is 17.6. The van der Waals surface area contributed by atoms with Crippen LogP contribution < -0.4 is 14.8 Å². The highest BCUT2D eigenvalue weighted by molar-refractivity contribution is 9.10. The van der Waals surface area contributed by atoms with Crippen molar-refractivity contribution in [2.75, 3.05) is 19.0 Å². The summed E-state index contributed by atoms with van der Waals surface area (Å²) in [5.74, 6) is 0.164. The Balaban J connectivity index is 1.42. The molecule has 3 aliphatic rings. The molecule has 3 aromatic carbocycles. The molecule has 0 radical (unpaired) electrons. The maximum atomic E-state index is 13.7. The number of amides is 1. The van der Waals surface area contributed by atoms with Crippen molar-refractivity contribution in [2.45, 2.75) is 43.0 Å². The fraction of sp³-hybridized carbons (Fsp3) is 0.321. The second-order valence-electron chi connectivity index (χ2n) is 9.87. The van der Waals surface area contributed by atoms with E-state index in [2.05, 4.69) is 42.1 Å². The van der Waals surface area contributed by atoms with Crippen LogP contribution in [0.15, 0.2) is 69.6 Å². The van der Waals surface area contributed by atoms with Gasteiger partial charge in [-0.25, -0.2) is 0 Å². The van der Waals surface area contributed by atoms with Crippen LogP contribution in [0.5, 0.6) is 11.5 Å². The van der Waals surface area contributed by atoms with Crippen LogP contribution in [0.1, 0.15) is 35.4 Å². The van der Waals surface area contributed by atoms with Crippen LogP contribution in [0.25, 0.3) is 0 Å². The predicted molar refractivity (Wildman–Crippen MR) is 149 cm³/mol. The number of carbonyl (C=O) groups excluding carboxylic acids is 1. The molecule has 0 unspecified atom stereocenters. The fourth-order valence-electron chi connectivity index (χ4n) is 6.58. The monoisotopic (exact) mass is 641 g/mol. The summed E-state index contributed by atoms with van der Waals surface area (Å²) in [6.45, 7) is 0.957. The zero-order chi connectivity index (χ0) is 26.6. The minimum Gasteiger partial charge on any atom is -0.493 e. The number of methoxy groups -OCH3 is 1. The summed E-state index contributed by atoms with van der Waals surface area (Å²) in [4.78, 5) is 28.3. The molecular formula is C28H25Br2N3O5. The van der Waals surface area contributed by atoms with Crippen LogP contribution in [-0.2, 0) is 16.9 Å². The molecule has 0 saturated carbocycles. The fourth-order valence-corrected chi connectivity index (χ4v) is 7.42. The van der Waals surface area contributed by atoms with Crippen molar-refractivity contribution in [3.8, 4) is 11.5 Å². The van der Waals surface area contributed by atoms with Gasteiger partial charge in [-0.3, -0.25) is 19.8 Å². The van der Waals surface area contributed by atoms with Gasteiger partial charge in [0.25, 0.3) is 11.9 Å². The molecule has 4 atom stereocenters. The third-order valence-corrected chi connectivity index (χ3v) is 9.14. The summed E-state index contributed by atoms with van der Waals surface area (Å²) in [7, 11) is 1.56. The minimum absolute atomic E-state index is 0.159. The minimum atomic E-state index is -1.36. The molecule has 10 heteroatoms. The van der Waals surface area contributed by atoms with Gasteiger partial charge in [-0.15, -0.1) is 0 Å². The summed E-state index contributed by atoms with van der Waals surface area (Å²) >= 11 is 7.08. The Kier molecular flexibility index (Phi) is 6.44. The standard InChI is InChI=1S/C28H25Br2N3O5/c1-37-23-14-17(13-20(30)25(23)38-15-16-8-10-18(29)11-9-16)24-22-7-4-12-32(22)28(26(24)33(35)36)19-5-2-3-6-21(19)31-27(28)34/h2-3,5-6,8-11,13-14,22,24,26H,4,7,12,15H2,1H3,(H,31,34)/t22-,24+,26-,28-/m0/s1. The van der Waals surface area contributed by atoms with Crippen LogP contribution in [0.2, 0.25) is 0 Å². The lowest BCUT2D eigenvalue weighted by atomic mass is 9.77. The van der Waals surface area contributed by atoms with E-state index in [9.17, 15) is 14.9 Å². The van der Waals surface area contributed by atoms with Gasteiger partial charge in [-0.05, 0) is 70.2 Å². The number of carbonyl (C=O) groups is 1. The Bertz CT molecular complexity index is 1430. The lowest BCUT2D eigenvalue weighted by Crippen LogP contribution is -2.55. The first-order valence-corrected chi connectivity index (χ1v) is 14.0. The molecule has 0 aromatic heterocycles. The molecule has 0 aliphatic carbocycles.